The van der Waals surface area contributed by atoms with Crippen molar-refractivity contribution in [1.29, 1.82) is 0 Å². The molecular weight excluding hydrogens is 300 g/mol. The number of ether oxygens (including phenoxy) is 1. The molecule has 0 saturated carbocycles. The molecule has 5 nitrogen and oxygen atoms in total. The molecule has 0 amide bonds. The second-order valence-corrected chi connectivity index (χ2v) is 5.28. The van der Waals surface area contributed by atoms with Crippen LogP contribution in [0.4, 0.5) is 5.82 Å². The monoisotopic (exact) mass is 314 g/mol. The number of pyridine rings is 1. The molecule has 2 N–H and O–H groups in total. The molecule has 1 saturated heterocycles. The Bertz CT molecular complexity index is 453. The Morgan fingerprint density at radius 2 is 2.50 bits per heavy atom. The summed E-state index contributed by atoms with van der Waals surface area (Å²) in [6.07, 6.45) is 2.79. The molecule has 1 fully saturated rings. The molecule has 2 unspecified atom stereocenters. The van der Waals surface area contributed by atoms with Gasteiger partial charge in [-0.1, -0.05) is 0 Å². The Balaban J connectivity index is 2.06. The maximum Gasteiger partial charge on any atom is 0.339 e. The van der Waals surface area contributed by atoms with Gasteiger partial charge in [-0.05, 0) is 35.3 Å². The lowest BCUT2D eigenvalue weighted by molar-refractivity contribution is 0.0697. The highest BCUT2D eigenvalue weighted by Crippen LogP contribution is 2.22. The number of nitrogens with zero attached hydrogens (tertiary/aromatic N) is 1. The second-order valence-electron chi connectivity index (χ2n) is 4.36. The number of hydrogen-bond donors (Lipinski definition) is 2. The van der Waals surface area contributed by atoms with Gasteiger partial charge < -0.3 is 15.2 Å². The first-order valence-electron chi connectivity index (χ1n) is 5.82. The van der Waals surface area contributed by atoms with E-state index in [4.69, 9.17) is 9.84 Å². The van der Waals surface area contributed by atoms with Crippen LogP contribution in [-0.4, -0.2) is 35.3 Å². The summed E-state index contributed by atoms with van der Waals surface area (Å²) >= 11 is 3.22. The highest BCUT2D eigenvalue weighted by atomic mass is 79.9. The van der Waals surface area contributed by atoms with Crippen LogP contribution in [0.25, 0.3) is 0 Å². The standard InChI is InChI=1S/C12H15BrN2O3/c1-7-8(2-3-18-7)5-14-11-10(12(16)17)4-9(13)6-15-11/h4,6-8H,2-3,5H2,1H3,(H,14,15)(H,16,17). The third kappa shape index (κ3) is 3.00. The summed E-state index contributed by atoms with van der Waals surface area (Å²) in [7, 11) is 0. The summed E-state index contributed by atoms with van der Waals surface area (Å²) in [5.41, 5.74) is 0.177. The minimum Gasteiger partial charge on any atom is -0.478 e. The maximum absolute atomic E-state index is 11.1. The van der Waals surface area contributed by atoms with Gasteiger partial charge in [0.25, 0.3) is 0 Å². The molecule has 0 bridgehead atoms. The molecule has 1 aromatic heterocycles. The number of carbonyl (C=O) groups is 1. The zero-order valence-corrected chi connectivity index (χ0v) is 11.6. The molecule has 1 aliphatic heterocycles. The van der Waals surface area contributed by atoms with Crippen LogP contribution in [0.3, 0.4) is 0 Å². The van der Waals surface area contributed by atoms with Crippen molar-refractivity contribution in [1.82, 2.24) is 4.98 Å². The van der Waals surface area contributed by atoms with Crippen molar-refractivity contribution in [2.45, 2.75) is 19.4 Å². The van der Waals surface area contributed by atoms with Crippen LogP contribution in [0.5, 0.6) is 0 Å². The van der Waals surface area contributed by atoms with Crippen LogP contribution in [0.15, 0.2) is 16.7 Å². The minimum atomic E-state index is -0.984. The Kier molecular flexibility index (Phi) is 4.19. The van der Waals surface area contributed by atoms with Crippen molar-refractivity contribution >= 4 is 27.7 Å². The summed E-state index contributed by atoms with van der Waals surface area (Å²) in [5.74, 6) is -0.177. The molecule has 0 aromatic carbocycles. The van der Waals surface area contributed by atoms with Gasteiger partial charge >= 0.3 is 5.97 Å². The summed E-state index contributed by atoms with van der Waals surface area (Å²) in [5, 5.41) is 12.2. The summed E-state index contributed by atoms with van der Waals surface area (Å²) in [6, 6.07) is 1.55. The number of aromatic carboxylic acids is 1. The van der Waals surface area contributed by atoms with E-state index in [-0.39, 0.29) is 11.7 Å². The average Bonchev–Trinajstić information content (AvgIpc) is 2.73. The number of halogens is 1. The molecular formula is C12H15BrN2O3. The van der Waals surface area contributed by atoms with E-state index in [1.165, 1.54) is 0 Å². The van der Waals surface area contributed by atoms with Gasteiger partial charge in [-0.2, -0.15) is 0 Å². The van der Waals surface area contributed by atoms with Crippen molar-refractivity contribution < 1.29 is 14.6 Å². The maximum atomic E-state index is 11.1. The molecule has 18 heavy (non-hydrogen) atoms. The summed E-state index contributed by atoms with van der Waals surface area (Å²) < 4.78 is 6.12. The third-order valence-corrected chi connectivity index (χ3v) is 3.58. The molecule has 6 heteroatoms. The minimum absolute atomic E-state index is 0.177. The predicted molar refractivity (Wildman–Crippen MR) is 70.9 cm³/mol. The zero-order chi connectivity index (χ0) is 13.1. The van der Waals surface area contributed by atoms with Crippen LogP contribution in [0.2, 0.25) is 0 Å². The van der Waals surface area contributed by atoms with Crippen LogP contribution < -0.4 is 5.32 Å². The SMILES string of the molecule is CC1OCCC1CNc1ncc(Br)cc1C(=O)O. The van der Waals surface area contributed by atoms with Gasteiger partial charge in [0.2, 0.25) is 0 Å². The number of hydrogen-bond acceptors (Lipinski definition) is 4. The van der Waals surface area contributed by atoms with Gasteiger partial charge in [0.05, 0.1) is 6.10 Å². The lowest BCUT2D eigenvalue weighted by atomic mass is 10.0. The van der Waals surface area contributed by atoms with Crippen LogP contribution in [0, 0.1) is 5.92 Å². The number of nitrogens with one attached hydrogen (secondary N) is 1. The molecule has 2 atom stereocenters. The third-order valence-electron chi connectivity index (χ3n) is 3.15. The van der Waals surface area contributed by atoms with E-state index in [9.17, 15) is 4.79 Å². The van der Waals surface area contributed by atoms with Crippen LogP contribution in [0.1, 0.15) is 23.7 Å². The molecule has 2 rings (SSSR count). The lowest BCUT2D eigenvalue weighted by Crippen LogP contribution is -2.22. The molecule has 98 valence electrons. The summed E-state index contributed by atoms with van der Waals surface area (Å²) in [4.78, 5) is 15.2. The van der Waals surface area contributed by atoms with E-state index in [1.54, 1.807) is 12.3 Å². The van der Waals surface area contributed by atoms with Crippen LogP contribution in [-0.2, 0) is 4.74 Å². The Labute approximate surface area is 114 Å². The topological polar surface area (TPSA) is 71.5 Å². The molecule has 1 aliphatic rings. The van der Waals surface area contributed by atoms with Crippen molar-refractivity contribution in [3.05, 3.63) is 22.3 Å². The van der Waals surface area contributed by atoms with E-state index in [0.717, 1.165) is 13.0 Å². The van der Waals surface area contributed by atoms with Crippen LogP contribution >= 0.6 is 15.9 Å². The predicted octanol–water partition coefficient (Wildman–Crippen LogP) is 2.38. The number of carboxylic acid groups (broad SMARTS) is 1. The largest absolute Gasteiger partial charge is 0.478 e. The first-order valence-corrected chi connectivity index (χ1v) is 6.61. The summed E-state index contributed by atoms with van der Waals surface area (Å²) in [6.45, 7) is 3.48. The highest BCUT2D eigenvalue weighted by Gasteiger charge is 2.24. The Morgan fingerprint density at radius 3 is 3.11 bits per heavy atom. The molecule has 1 aromatic rings. The molecule has 0 spiro atoms. The first kappa shape index (κ1) is 13.3. The van der Waals surface area contributed by atoms with Gasteiger partial charge in [0.1, 0.15) is 11.4 Å². The number of aromatic nitrogens is 1. The fraction of sp³-hybridized carbons (Fsp3) is 0.500. The van der Waals surface area contributed by atoms with Gasteiger partial charge in [0, 0.05) is 29.7 Å². The highest BCUT2D eigenvalue weighted by molar-refractivity contribution is 9.10. The number of anilines is 1. The fourth-order valence-corrected chi connectivity index (χ4v) is 2.35. The second kappa shape index (κ2) is 5.67. The van der Waals surface area contributed by atoms with Gasteiger partial charge in [-0.3, -0.25) is 0 Å². The van der Waals surface area contributed by atoms with Gasteiger partial charge in [0.15, 0.2) is 0 Å². The van der Waals surface area contributed by atoms with E-state index in [0.29, 0.717) is 22.8 Å². The van der Waals surface area contributed by atoms with E-state index in [2.05, 4.69) is 26.2 Å². The average molecular weight is 315 g/mol. The number of carboxylic acids is 1. The molecule has 0 radical (unpaired) electrons. The quantitative estimate of drug-likeness (QED) is 0.892. The fourth-order valence-electron chi connectivity index (χ4n) is 2.02. The normalized spacial score (nSPS) is 23.0. The van der Waals surface area contributed by atoms with E-state index in [1.807, 2.05) is 6.92 Å². The Morgan fingerprint density at radius 1 is 1.72 bits per heavy atom. The van der Waals surface area contributed by atoms with Crippen molar-refractivity contribution in [3.8, 4) is 0 Å². The molecule has 0 aliphatic carbocycles. The molecule has 2 heterocycles. The number of rotatable bonds is 4. The first-order chi connectivity index (χ1) is 8.58. The van der Waals surface area contributed by atoms with E-state index < -0.39 is 5.97 Å². The van der Waals surface area contributed by atoms with Gasteiger partial charge in [-0.25, -0.2) is 9.78 Å². The Hall–Kier alpha value is -1.14. The smallest absolute Gasteiger partial charge is 0.339 e. The zero-order valence-electron chi connectivity index (χ0n) is 10.0. The van der Waals surface area contributed by atoms with E-state index >= 15 is 0 Å². The van der Waals surface area contributed by atoms with Crippen molar-refractivity contribution in [3.63, 3.8) is 0 Å². The van der Waals surface area contributed by atoms with Crippen molar-refractivity contribution in [2.24, 2.45) is 5.92 Å². The van der Waals surface area contributed by atoms with Crippen molar-refractivity contribution in [2.75, 3.05) is 18.5 Å². The van der Waals surface area contributed by atoms with Gasteiger partial charge in [-0.15, -0.1) is 0 Å². The lowest BCUT2D eigenvalue weighted by Gasteiger charge is -2.16.